The molecule has 0 saturated carbocycles. The minimum absolute atomic E-state index is 0.346. The van der Waals surface area contributed by atoms with Crippen LogP contribution in [0.3, 0.4) is 0 Å². The van der Waals surface area contributed by atoms with Crippen molar-refractivity contribution < 1.29 is 27.6 Å². The Labute approximate surface area is 95.8 Å². The first-order valence-electron chi connectivity index (χ1n) is 4.57. The molecule has 92 valence electrons. The summed E-state index contributed by atoms with van der Waals surface area (Å²) in [6, 6.07) is 0. The summed E-state index contributed by atoms with van der Waals surface area (Å²) in [7, 11) is -6.46. The Morgan fingerprint density at radius 1 is 1.19 bits per heavy atom. The summed E-state index contributed by atoms with van der Waals surface area (Å²) in [6.45, 7) is 6.69. The molecule has 1 atom stereocenters. The second-order valence-corrected chi connectivity index (χ2v) is 5.65. The Balaban J connectivity index is 4.70. The van der Waals surface area contributed by atoms with Gasteiger partial charge in [0.2, 0.25) is 0 Å². The smallest absolute Gasteiger partial charge is 0.296 e. The van der Waals surface area contributed by atoms with Gasteiger partial charge in [-0.1, -0.05) is 0 Å². The van der Waals surface area contributed by atoms with E-state index in [1.165, 1.54) is 0 Å². The first kappa shape index (κ1) is 15.6. The first-order chi connectivity index (χ1) is 7.25. The van der Waals surface area contributed by atoms with Crippen LogP contribution in [0.2, 0.25) is 0 Å². The lowest BCUT2D eigenvalue weighted by molar-refractivity contribution is 0.150. The summed E-state index contributed by atoms with van der Waals surface area (Å²) in [6.07, 6.45) is 1.15. The van der Waals surface area contributed by atoms with Gasteiger partial charge >= 0.3 is 15.9 Å². The SMILES string of the molecule is CC(C)OP(=O)(C#CO[P+](=O)O)OC(C)C. The molecule has 8 heteroatoms. The summed E-state index contributed by atoms with van der Waals surface area (Å²) in [5.74, 6) is 0. The fourth-order valence-electron chi connectivity index (χ4n) is 0.748. The van der Waals surface area contributed by atoms with Crippen LogP contribution in [0.15, 0.2) is 0 Å². The van der Waals surface area contributed by atoms with Crippen molar-refractivity contribution in [1.82, 2.24) is 0 Å². The van der Waals surface area contributed by atoms with Gasteiger partial charge in [0.15, 0.2) is 6.11 Å². The maximum atomic E-state index is 11.9. The van der Waals surface area contributed by atoms with Crippen LogP contribution in [-0.2, 0) is 22.7 Å². The van der Waals surface area contributed by atoms with Crippen molar-refractivity contribution in [1.29, 1.82) is 0 Å². The van der Waals surface area contributed by atoms with Crippen molar-refractivity contribution in [2.75, 3.05) is 0 Å². The van der Waals surface area contributed by atoms with Gasteiger partial charge < -0.3 is 0 Å². The highest BCUT2D eigenvalue weighted by Crippen LogP contribution is 2.49. The molecule has 0 amide bonds. The molecular formula is C8H15O6P2+. The van der Waals surface area contributed by atoms with Crippen molar-refractivity contribution in [2.45, 2.75) is 39.9 Å². The van der Waals surface area contributed by atoms with Crippen LogP contribution in [0.1, 0.15) is 27.7 Å². The molecule has 0 radical (unpaired) electrons. The van der Waals surface area contributed by atoms with Crippen LogP contribution in [0.4, 0.5) is 0 Å². The monoisotopic (exact) mass is 269 g/mol. The molecule has 0 aromatic rings. The lowest BCUT2D eigenvalue weighted by atomic mass is 10.5. The third-order valence-electron chi connectivity index (χ3n) is 1.01. The Morgan fingerprint density at radius 2 is 1.62 bits per heavy atom. The molecule has 0 spiro atoms. The maximum absolute atomic E-state index is 11.9. The number of rotatable bonds is 5. The Morgan fingerprint density at radius 3 is 1.94 bits per heavy atom. The van der Waals surface area contributed by atoms with Gasteiger partial charge in [-0.3, -0.25) is 9.05 Å². The summed E-state index contributed by atoms with van der Waals surface area (Å²) < 4.78 is 36.3. The standard InChI is InChI=1S/C8H14O6P2/c1-7(2)13-16(11,14-8(3)4)6-5-12-15(9)10/h7-8H,1-4H3/p+1. The molecule has 0 bridgehead atoms. The minimum Gasteiger partial charge on any atom is -0.296 e. The van der Waals surface area contributed by atoms with E-state index in [4.69, 9.17) is 13.9 Å². The van der Waals surface area contributed by atoms with Gasteiger partial charge in [-0.2, -0.15) is 4.52 Å². The Kier molecular flexibility index (Phi) is 6.82. The van der Waals surface area contributed by atoms with E-state index >= 15 is 0 Å². The van der Waals surface area contributed by atoms with Gasteiger partial charge in [0.25, 0.3) is 0 Å². The highest BCUT2D eigenvalue weighted by atomic mass is 31.2. The van der Waals surface area contributed by atoms with Crippen molar-refractivity contribution >= 4 is 15.9 Å². The van der Waals surface area contributed by atoms with E-state index in [1.54, 1.807) is 27.7 Å². The zero-order chi connectivity index (χ0) is 12.8. The quantitative estimate of drug-likeness (QED) is 0.610. The van der Waals surface area contributed by atoms with Crippen LogP contribution in [0.25, 0.3) is 0 Å². The Bertz CT molecular complexity index is 326. The predicted molar refractivity (Wildman–Crippen MR) is 58.7 cm³/mol. The second-order valence-electron chi connectivity index (χ2n) is 3.35. The summed E-state index contributed by atoms with van der Waals surface area (Å²) in [4.78, 5) is 8.33. The van der Waals surface area contributed by atoms with Gasteiger partial charge in [-0.15, -0.1) is 4.89 Å². The van der Waals surface area contributed by atoms with E-state index in [0.29, 0.717) is 0 Å². The maximum Gasteiger partial charge on any atom is 0.756 e. The normalized spacial score (nSPS) is 12.3. The summed E-state index contributed by atoms with van der Waals surface area (Å²) >= 11 is 0. The highest BCUT2D eigenvalue weighted by Gasteiger charge is 2.26. The van der Waals surface area contributed by atoms with E-state index in [1.807, 2.05) is 6.11 Å². The molecule has 0 rings (SSSR count). The number of hydrogen-bond acceptors (Lipinski definition) is 5. The molecule has 0 aliphatic heterocycles. The molecular weight excluding hydrogens is 254 g/mol. The largest absolute Gasteiger partial charge is 0.756 e. The molecule has 16 heavy (non-hydrogen) atoms. The molecule has 1 N–H and O–H groups in total. The fourth-order valence-corrected chi connectivity index (χ4v) is 2.37. The average molecular weight is 269 g/mol. The average Bonchev–Trinajstić information content (AvgIpc) is 1.98. The van der Waals surface area contributed by atoms with Crippen molar-refractivity contribution in [3.63, 3.8) is 0 Å². The van der Waals surface area contributed by atoms with Crippen molar-refractivity contribution in [3.05, 3.63) is 0 Å². The van der Waals surface area contributed by atoms with Crippen LogP contribution >= 0.6 is 15.9 Å². The van der Waals surface area contributed by atoms with E-state index in [9.17, 15) is 9.13 Å². The third kappa shape index (κ3) is 7.81. The zero-order valence-electron chi connectivity index (χ0n) is 9.54. The van der Waals surface area contributed by atoms with Crippen LogP contribution in [-0.4, -0.2) is 17.1 Å². The number of hydrogen-bond donors (Lipinski definition) is 1. The van der Waals surface area contributed by atoms with Gasteiger partial charge in [0, 0.05) is 4.57 Å². The zero-order valence-corrected chi connectivity index (χ0v) is 11.3. The molecule has 0 aromatic carbocycles. The van der Waals surface area contributed by atoms with Gasteiger partial charge in [0.05, 0.1) is 17.9 Å². The lowest BCUT2D eigenvalue weighted by Crippen LogP contribution is -2.06. The molecule has 0 fully saturated rings. The topological polar surface area (TPSA) is 82.1 Å². The minimum atomic E-state index is -3.61. The summed E-state index contributed by atoms with van der Waals surface area (Å²) in [5.41, 5.74) is 2.09. The highest BCUT2D eigenvalue weighted by molar-refractivity contribution is 7.59. The molecule has 1 unspecified atom stereocenters. The molecule has 0 aliphatic carbocycles. The fraction of sp³-hybridized carbons (Fsp3) is 0.750. The van der Waals surface area contributed by atoms with Crippen molar-refractivity contribution in [2.24, 2.45) is 0 Å². The van der Waals surface area contributed by atoms with Crippen LogP contribution in [0, 0.1) is 11.8 Å². The van der Waals surface area contributed by atoms with E-state index in [-0.39, 0.29) is 12.2 Å². The van der Waals surface area contributed by atoms with E-state index in [0.717, 1.165) is 0 Å². The van der Waals surface area contributed by atoms with Crippen LogP contribution < -0.4 is 0 Å². The second kappa shape index (κ2) is 7.01. The predicted octanol–water partition coefficient (Wildman–Crippen LogP) is 2.61. The van der Waals surface area contributed by atoms with Gasteiger partial charge in [-0.05, 0) is 27.7 Å². The molecule has 0 aliphatic rings. The Hall–Kier alpha value is -0.430. The van der Waals surface area contributed by atoms with E-state index in [2.05, 4.69) is 10.2 Å². The van der Waals surface area contributed by atoms with Gasteiger partial charge in [-0.25, -0.2) is 4.57 Å². The van der Waals surface area contributed by atoms with E-state index < -0.39 is 15.9 Å². The molecule has 0 heterocycles. The molecule has 0 aromatic heterocycles. The third-order valence-corrected chi connectivity index (χ3v) is 3.02. The van der Waals surface area contributed by atoms with Crippen LogP contribution in [0.5, 0.6) is 0 Å². The van der Waals surface area contributed by atoms with Gasteiger partial charge in [0.1, 0.15) is 0 Å². The molecule has 0 saturated heterocycles. The molecule has 6 nitrogen and oxygen atoms in total. The van der Waals surface area contributed by atoms with Crippen molar-refractivity contribution in [3.8, 4) is 11.8 Å². The summed E-state index contributed by atoms with van der Waals surface area (Å²) in [5, 5.41) is 0. The first-order valence-corrected chi connectivity index (χ1v) is 7.24. The lowest BCUT2D eigenvalue weighted by Gasteiger charge is -2.17.